The Morgan fingerprint density at radius 3 is 2.69 bits per heavy atom. The smallest absolute Gasteiger partial charge is 0.126 e. The molecule has 0 spiro atoms. The van der Waals surface area contributed by atoms with Crippen LogP contribution in [-0.2, 0) is 0 Å². The maximum Gasteiger partial charge on any atom is 0.126 e. The molecule has 0 bridgehead atoms. The van der Waals surface area contributed by atoms with Crippen LogP contribution in [0.1, 0.15) is 18.4 Å². The number of nitrogens with one attached hydrogen (secondary N) is 1. The lowest BCUT2D eigenvalue weighted by Gasteiger charge is -2.14. The fourth-order valence-corrected chi connectivity index (χ4v) is 2.00. The molecule has 0 aromatic heterocycles. The summed E-state index contributed by atoms with van der Waals surface area (Å²) >= 11 is 0. The molecule has 2 rings (SSSR count). The van der Waals surface area contributed by atoms with Crippen LogP contribution in [0.3, 0.4) is 0 Å². The number of hydrogen-bond acceptors (Lipinski definition) is 1. The van der Waals surface area contributed by atoms with Crippen LogP contribution < -0.4 is 5.32 Å². The zero-order valence-electron chi connectivity index (χ0n) is 7.76. The second kappa shape index (κ2) is 3.46. The van der Waals surface area contributed by atoms with Crippen molar-refractivity contribution in [3.05, 3.63) is 35.6 Å². The minimum absolute atomic E-state index is 0.0666. The topological polar surface area (TPSA) is 12.0 Å². The maximum absolute atomic E-state index is 13.4. The first kappa shape index (κ1) is 8.70. The van der Waals surface area contributed by atoms with Gasteiger partial charge in [0.15, 0.2) is 0 Å². The van der Waals surface area contributed by atoms with Gasteiger partial charge in [-0.25, -0.2) is 4.39 Å². The SMILES string of the molecule is C[C@@H]1CNC[C@@H]1c1ccccc1F. The second-order valence-corrected chi connectivity index (χ2v) is 3.76. The highest BCUT2D eigenvalue weighted by atomic mass is 19.1. The summed E-state index contributed by atoms with van der Waals surface area (Å²) in [4.78, 5) is 0. The van der Waals surface area contributed by atoms with E-state index in [1.54, 1.807) is 12.1 Å². The van der Waals surface area contributed by atoms with Crippen LogP contribution in [0.25, 0.3) is 0 Å². The summed E-state index contributed by atoms with van der Waals surface area (Å²) in [7, 11) is 0. The monoisotopic (exact) mass is 179 g/mol. The van der Waals surface area contributed by atoms with Crippen molar-refractivity contribution in [3.63, 3.8) is 0 Å². The number of halogens is 1. The van der Waals surface area contributed by atoms with Crippen molar-refractivity contribution in [1.29, 1.82) is 0 Å². The van der Waals surface area contributed by atoms with Gasteiger partial charge in [0.1, 0.15) is 5.82 Å². The van der Waals surface area contributed by atoms with Gasteiger partial charge in [-0.2, -0.15) is 0 Å². The molecule has 1 aliphatic rings. The Morgan fingerprint density at radius 2 is 2.08 bits per heavy atom. The van der Waals surface area contributed by atoms with Gasteiger partial charge >= 0.3 is 0 Å². The average molecular weight is 179 g/mol. The van der Waals surface area contributed by atoms with Crippen molar-refractivity contribution in [2.45, 2.75) is 12.8 Å². The van der Waals surface area contributed by atoms with E-state index in [9.17, 15) is 4.39 Å². The van der Waals surface area contributed by atoms with E-state index in [0.717, 1.165) is 18.7 Å². The third-order valence-electron chi connectivity index (χ3n) is 2.82. The molecule has 1 aromatic carbocycles. The summed E-state index contributed by atoms with van der Waals surface area (Å²) in [5.74, 6) is 0.821. The molecule has 0 saturated carbocycles. The van der Waals surface area contributed by atoms with Gasteiger partial charge in [0, 0.05) is 12.5 Å². The molecule has 1 saturated heterocycles. The molecule has 70 valence electrons. The summed E-state index contributed by atoms with van der Waals surface area (Å²) in [6, 6.07) is 7.08. The molecule has 0 radical (unpaired) electrons. The first-order chi connectivity index (χ1) is 6.29. The summed E-state index contributed by atoms with van der Waals surface area (Å²) in [6.07, 6.45) is 0. The van der Waals surface area contributed by atoms with E-state index >= 15 is 0 Å². The van der Waals surface area contributed by atoms with E-state index in [4.69, 9.17) is 0 Å². The van der Waals surface area contributed by atoms with Crippen molar-refractivity contribution < 1.29 is 4.39 Å². The van der Waals surface area contributed by atoms with Crippen molar-refractivity contribution in [3.8, 4) is 0 Å². The Bertz CT molecular complexity index is 298. The van der Waals surface area contributed by atoms with E-state index in [1.165, 1.54) is 0 Å². The molecule has 1 fully saturated rings. The number of rotatable bonds is 1. The van der Waals surface area contributed by atoms with Gasteiger partial charge in [-0.05, 0) is 24.1 Å². The standard InChI is InChI=1S/C11H14FN/c1-8-6-13-7-10(8)9-4-2-3-5-11(9)12/h2-5,8,10,13H,6-7H2,1H3/t8-,10+/m1/s1. The van der Waals surface area contributed by atoms with Crippen LogP contribution in [-0.4, -0.2) is 13.1 Å². The van der Waals surface area contributed by atoms with Gasteiger partial charge in [0.2, 0.25) is 0 Å². The summed E-state index contributed by atoms with van der Waals surface area (Å²) in [5, 5.41) is 3.28. The van der Waals surface area contributed by atoms with Crippen LogP contribution in [0.15, 0.2) is 24.3 Å². The van der Waals surface area contributed by atoms with E-state index < -0.39 is 0 Å². The predicted octanol–water partition coefficient (Wildman–Crippen LogP) is 2.15. The highest BCUT2D eigenvalue weighted by Gasteiger charge is 2.26. The minimum Gasteiger partial charge on any atom is -0.316 e. The van der Waals surface area contributed by atoms with Crippen LogP contribution in [0.4, 0.5) is 4.39 Å². The third-order valence-corrected chi connectivity index (χ3v) is 2.82. The number of hydrogen-bond donors (Lipinski definition) is 1. The quantitative estimate of drug-likeness (QED) is 0.696. The fourth-order valence-electron chi connectivity index (χ4n) is 2.00. The zero-order chi connectivity index (χ0) is 9.26. The minimum atomic E-state index is -0.0666. The van der Waals surface area contributed by atoms with Crippen molar-refractivity contribution in [2.24, 2.45) is 5.92 Å². The van der Waals surface area contributed by atoms with Crippen LogP contribution >= 0.6 is 0 Å². The molecule has 1 aliphatic heterocycles. The first-order valence-electron chi connectivity index (χ1n) is 4.74. The first-order valence-corrected chi connectivity index (χ1v) is 4.74. The molecular weight excluding hydrogens is 165 g/mol. The molecule has 1 aromatic rings. The molecular formula is C11H14FN. The normalized spacial score (nSPS) is 27.8. The summed E-state index contributed by atoms with van der Waals surface area (Å²) in [6.45, 7) is 4.07. The maximum atomic E-state index is 13.4. The van der Waals surface area contributed by atoms with Crippen molar-refractivity contribution >= 4 is 0 Å². The predicted molar refractivity (Wildman–Crippen MR) is 51.2 cm³/mol. The third kappa shape index (κ3) is 1.59. The summed E-state index contributed by atoms with van der Waals surface area (Å²) in [5.41, 5.74) is 0.861. The van der Waals surface area contributed by atoms with Crippen LogP contribution in [0.2, 0.25) is 0 Å². The van der Waals surface area contributed by atoms with Crippen molar-refractivity contribution in [1.82, 2.24) is 5.32 Å². The van der Waals surface area contributed by atoms with Gasteiger partial charge in [-0.1, -0.05) is 25.1 Å². The van der Waals surface area contributed by atoms with Crippen LogP contribution in [0.5, 0.6) is 0 Å². The van der Waals surface area contributed by atoms with Gasteiger partial charge in [0.25, 0.3) is 0 Å². The average Bonchev–Trinajstić information content (AvgIpc) is 2.52. The lowest BCUT2D eigenvalue weighted by Crippen LogP contribution is -2.09. The summed E-state index contributed by atoms with van der Waals surface area (Å²) < 4.78 is 13.4. The van der Waals surface area contributed by atoms with Gasteiger partial charge < -0.3 is 5.32 Å². The molecule has 13 heavy (non-hydrogen) atoms. The molecule has 1 nitrogen and oxygen atoms in total. The lowest BCUT2D eigenvalue weighted by molar-refractivity contribution is 0.528. The van der Waals surface area contributed by atoms with E-state index in [1.807, 2.05) is 12.1 Å². The molecule has 0 unspecified atom stereocenters. The molecule has 1 heterocycles. The second-order valence-electron chi connectivity index (χ2n) is 3.76. The van der Waals surface area contributed by atoms with E-state index in [-0.39, 0.29) is 5.82 Å². The Morgan fingerprint density at radius 1 is 1.31 bits per heavy atom. The fraction of sp³-hybridized carbons (Fsp3) is 0.455. The van der Waals surface area contributed by atoms with Crippen LogP contribution in [0, 0.1) is 11.7 Å². The Labute approximate surface area is 78.0 Å². The van der Waals surface area contributed by atoms with E-state index in [2.05, 4.69) is 12.2 Å². The molecule has 2 heteroatoms. The van der Waals surface area contributed by atoms with Gasteiger partial charge in [-0.15, -0.1) is 0 Å². The Kier molecular flexibility index (Phi) is 2.32. The molecule has 0 aliphatic carbocycles. The highest BCUT2D eigenvalue weighted by Crippen LogP contribution is 2.28. The van der Waals surface area contributed by atoms with Gasteiger partial charge in [-0.3, -0.25) is 0 Å². The Balaban J connectivity index is 2.29. The van der Waals surface area contributed by atoms with Gasteiger partial charge in [0.05, 0.1) is 0 Å². The van der Waals surface area contributed by atoms with Crippen molar-refractivity contribution in [2.75, 3.05) is 13.1 Å². The highest BCUT2D eigenvalue weighted by molar-refractivity contribution is 5.23. The van der Waals surface area contributed by atoms with E-state index in [0.29, 0.717) is 11.8 Å². The lowest BCUT2D eigenvalue weighted by atomic mass is 9.90. The zero-order valence-corrected chi connectivity index (χ0v) is 7.76. The molecule has 1 N–H and O–H groups in total. The number of benzene rings is 1. The largest absolute Gasteiger partial charge is 0.316 e. The molecule has 0 amide bonds. The Hall–Kier alpha value is -0.890. The molecule has 2 atom stereocenters.